The van der Waals surface area contributed by atoms with Gasteiger partial charge >= 0.3 is 5.97 Å². The maximum atomic E-state index is 10.9. The molecule has 0 fully saturated rings. The van der Waals surface area contributed by atoms with Crippen molar-refractivity contribution in [2.75, 3.05) is 6.54 Å². The van der Waals surface area contributed by atoms with E-state index in [4.69, 9.17) is 10.8 Å². The molecule has 0 aromatic carbocycles. The topological polar surface area (TPSA) is 93.5 Å². The van der Waals surface area contributed by atoms with Crippen LogP contribution >= 0.6 is 0 Å². The van der Waals surface area contributed by atoms with Crippen molar-refractivity contribution in [3.05, 3.63) is 30.4 Å². The summed E-state index contributed by atoms with van der Waals surface area (Å²) in [5.74, 6) is -1.26. The average molecular weight is 206 g/mol. The first kappa shape index (κ1) is 9.60. The van der Waals surface area contributed by atoms with Gasteiger partial charge in [-0.05, 0) is 6.07 Å². The SMILES string of the molecule is NCC(C(=O)O)c1ccn2ccnc2n1. The first-order chi connectivity index (χ1) is 7.22. The molecule has 1 unspecified atom stereocenters. The summed E-state index contributed by atoms with van der Waals surface area (Å²) in [6.07, 6.45) is 5.06. The lowest BCUT2D eigenvalue weighted by atomic mass is 10.1. The highest BCUT2D eigenvalue weighted by molar-refractivity contribution is 5.75. The minimum atomic E-state index is -0.971. The van der Waals surface area contributed by atoms with Gasteiger partial charge in [0.25, 0.3) is 0 Å². The van der Waals surface area contributed by atoms with Gasteiger partial charge in [0.05, 0.1) is 5.69 Å². The number of nitrogens with two attached hydrogens (primary N) is 1. The van der Waals surface area contributed by atoms with Crippen molar-refractivity contribution in [2.24, 2.45) is 5.73 Å². The summed E-state index contributed by atoms with van der Waals surface area (Å²) in [5.41, 5.74) is 5.81. The van der Waals surface area contributed by atoms with E-state index in [1.807, 2.05) is 0 Å². The van der Waals surface area contributed by atoms with E-state index in [1.54, 1.807) is 29.1 Å². The van der Waals surface area contributed by atoms with Crippen molar-refractivity contribution in [3.63, 3.8) is 0 Å². The lowest BCUT2D eigenvalue weighted by Gasteiger charge is -2.08. The number of aliphatic carboxylic acids is 1. The molecule has 3 N–H and O–H groups in total. The zero-order valence-corrected chi connectivity index (χ0v) is 7.87. The van der Waals surface area contributed by atoms with Gasteiger partial charge in [0.2, 0.25) is 5.78 Å². The molecule has 6 nitrogen and oxygen atoms in total. The van der Waals surface area contributed by atoms with Crippen LogP contribution in [-0.4, -0.2) is 32.0 Å². The second kappa shape index (κ2) is 3.66. The van der Waals surface area contributed by atoms with Gasteiger partial charge in [-0.1, -0.05) is 0 Å². The quantitative estimate of drug-likeness (QED) is 0.728. The van der Waals surface area contributed by atoms with Crippen LogP contribution in [0.2, 0.25) is 0 Å². The molecular formula is C9H10N4O2. The molecule has 2 aromatic heterocycles. The van der Waals surface area contributed by atoms with E-state index >= 15 is 0 Å². The van der Waals surface area contributed by atoms with E-state index in [0.717, 1.165) is 0 Å². The molecule has 0 radical (unpaired) electrons. The number of hydrogen-bond donors (Lipinski definition) is 2. The molecule has 0 bridgehead atoms. The Balaban J connectivity index is 2.46. The minimum absolute atomic E-state index is 0.0270. The molecule has 0 amide bonds. The van der Waals surface area contributed by atoms with Gasteiger partial charge in [-0.3, -0.25) is 9.20 Å². The Morgan fingerprint density at radius 2 is 2.40 bits per heavy atom. The van der Waals surface area contributed by atoms with Crippen LogP contribution < -0.4 is 5.73 Å². The maximum Gasteiger partial charge on any atom is 0.313 e. The van der Waals surface area contributed by atoms with Gasteiger partial charge < -0.3 is 10.8 Å². The number of nitrogens with zero attached hydrogens (tertiary/aromatic N) is 3. The Bertz CT molecular complexity index is 494. The van der Waals surface area contributed by atoms with Crippen molar-refractivity contribution in [2.45, 2.75) is 5.92 Å². The molecule has 0 spiro atoms. The summed E-state index contributed by atoms with van der Waals surface area (Å²) < 4.78 is 1.71. The van der Waals surface area contributed by atoms with Gasteiger partial charge in [-0.15, -0.1) is 0 Å². The summed E-state index contributed by atoms with van der Waals surface area (Å²) in [4.78, 5) is 19.0. The zero-order valence-electron chi connectivity index (χ0n) is 7.87. The molecule has 2 aromatic rings. The van der Waals surface area contributed by atoms with Gasteiger partial charge in [-0.25, -0.2) is 9.97 Å². The number of hydrogen-bond acceptors (Lipinski definition) is 4. The molecule has 1 atom stereocenters. The molecule has 0 saturated heterocycles. The number of aromatic nitrogens is 3. The van der Waals surface area contributed by atoms with E-state index < -0.39 is 11.9 Å². The first-order valence-electron chi connectivity index (χ1n) is 4.45. The van der Waals surface area contributed by atoms with Crippen LogP contribution in [0.25, 0.3) is 5.78 Å². The van der Waals surface area contributed by atoms with Crippen molar-refractivity contribution in [1.29, 1.82) is 0 Å². The van der Waals surface area contributed by atoms with Crippen molar-refractivity contribution in [3.8, 4) is 0 Å². The molecule has 0 aliphatic heterocycles. The second-order valence-electron chi connectivity index (χ2n) is 3.11. The van der Waals surface area contributed by atoms with Gasteiger partial charge in [-0.2, -0.15) is 0 Å². The van der Waals surface area contributed by atoms with Gasteiger partial charge in [0.1, 0.15) is 5.92 Å². The Hall–Kier alpha value is -1.95. The zero-order chi connectivity index (χ0) is 10.8. The van der Waals surface area contributed by atoms with E-state index in [0.29, 0.717) is 11.5 Å². The van der Waals surface area contributed by atoms with E-state index in [1.165, 1.54) is 0 Å². The largest absolute Gasteiger partial charge is 0.481 e. The molecule has 0 aliphatic rings. The number of carbonyl (C=O) groups is 1. The smallest absolute Gasteiger partial charge is 0.313 e. The number of carboxylic acids is 1. The molecule has 15 heavy (non-hydrogen) atoms. The number of rotatable bonds is 3. The van der Waals surface area contributed by atoms with Crippen LogP contribution in [0.1, 0.15) is 11.6 Å². The fraction of sp³-hybridized carbons (Fsp3) is 0.222. The fourth-order valence-corrected chi connectivity index (χ4v) is 1.36. The predicted molar refractivity (Wildman–Crippen MR) is 52.4 cm³/mol. The van der Waals surface area contributed by atoms with Gasteiger partial charge in [0.15, 0.2) is 0 Å². The van der Waals surface area contributed by atoms with Crippen LogP contribution in [0.4, 0.5) is 0 Å². The minimum Gasteiger partial charge on any atom is -0.481 e. The van der Waals surface area contributed by atoms with Crippen LogP contribution in [-0.2, 0) is 4.79 Å². The molecule has 0 aliphatic carbocycles. The molecule has 78 valence electrons. The van der Waals surface area contributed by atoms with Crippen LogP contribution in [0, 0.1) is 0 Å². The molecule has 6 heteroatoms. The highest BCUT2D eigenvalue weighted by atomic mass is 16.4. The van der Waals surface area contributed by atoms with E-state index in [-0.39, 0.29) is 6.54 Å². The summed E-state index contributed by atoms with van der Waals surface area (Å²) >= 11 is 0. The average Bonchev–Trinajstić information content (AvgIpc) is 2.65. The summed E-state index contributed by atoms with van der Waals surface area (Å²) in [5, 5.41) is 8.90. The van der Waals surface area contributed by atoms with Gasteiger partial charge in [0, 0.05) is 25.1 Å². The normalized spacial score (nSPS) is 12.9. The summed E-state index contributed by atoms with van der Waals surface area (Å²) in [7, 11) is 0. The second-order valence-corrected chi connectivity index (χ2v) is 3.11. The number of carboxylic acid groups (broad SMARTS) is 1. The first-order valence-corrected chi connectivity index (χ1v) is 4.45. The number of imidazole rings is 1. The third-order valence-corrected chi connectivity index (χ3v) is 2.17. The predicted octanol–water partition coefficient (Wildman–Crippen LogP) is -0.144. The third-order valence-electron chi connectivity index (χ3n) is 2.17. The molecular weight excluding hydrogens is 196 g/mol. The van der Waals surface area contributed by atoms with Crippen LogP contribution in [0.15, 0.2) is 24.7 Å². The molecule has 0 saturated carbocycles. The summed E-state index contributed by atoms with van der Waals surface area (Å²) in [6.45, 7) is 0.0270. The van der Waals surface area contributed by atoms with Crippen LogP contribution in [0.3, 0.4) is 0 Å². The summed E-state index contributed by atoms with van der Waals surface area (Å²) in [6, 6.07) is 1.64. The molecule has 2 rings (SSSR count). The fourth-order valence-electron chi connectivity index (χ4n) is 1.36. The highest BCUT2D eigenvalue weighted by Gasteiger charge is 2.19. The Morgan fingerprint density at radius 1 is 1.60 bits per heavy atom. The van der Waals surface area contributed by atoms with Crippen molar-refractivity contribution < 1.29 is 9.90 Å². The Morgan fingerprint density at radius 3 is 3.07 bits per heavy atom. The van der Waals surface area contributed by atoms with Crippen molar-refractivity contribution in [1.82, 2.24) is 14.4 Å². The monoisotopic (exact) mass is 206 g/mol. The lowest BCUT2D eigenvalue weighted by molar-refractivity contribution is -0.138. The lowest BCUT2D eigenvalue weighted by Crippen LogP contribution is -2.22. The molecule has 2 heterocycles. The Labute approximate surface area is 85.4 Å². The standard InChI is InChI=1S/C9H10N4O2/c10-5-6(8(14)15)7-1-3-13-4-2-11-9(13)12-7/h1-4,6H,5,10H2,(H,14,15). The maximum absolute atomic E-state index is 10.9. The number of fused-ring (bicyclic) bond motifs is 1. The van der Waals surface area contributed by atoms with E-state index in [2.05, 4.69) is 9.97 Å². The Kier molecular flexibility index (Phi) is 2.34. The van der Waals surface area contributed by atoms with Crippen LogP contribution in [0.5, 0.6) is 0 Å². The third kappa shape index (κ3) is 1.66. The highest BCUT2D eigenvalue weighted by Crippen LogP contribution is 2.12. The van der Waals surface area contributed by atoms with Crippen molar-refractivity contribution >= 4 is 11.7 Å². The van der Waals surface area contributed by atoms with E-state index in [9.17, 15) is 4.79 Å².